The van der Waals surface area contributed by atoms with E-state index in [-0.39, 0.29) is 19.6 Å². The van der Waals surface area contributed by atoms with Crippen molar-refractivity contribution in [2.45, 2.75) is 25.0 Å². The van der Waals surface area contributed by atoms with E-state index < -0.39 is 17.4 Å². The molecule has 0 aliphatic heterocycles. The molecule has 0 N–H and O–H groups in total. The lowest BCUT2D eigenvalue weighted by Gasteiger charge is -2.29. The Kier molecular flexibility index (Phi) is 7.17. The van der Waals surface area contributed by atoms with Crippen molar-refractivity contribution in [2.24, 2.45) is 0 Å². The number of esters is 2. The highest BCUT2D eigenvalue weighted by Crippen LogP contribution is 2.33. The van der Waals surface area contributed by atoms with E-state index >= 15 is 0 Å². The maximum absolute atomic E-state index is 13.3. The first-order valence-corrected chi connectivity index (χ1v) is 9.75. The molecule has 3 aromatic rings. The van der Waals surface area contributed by atoms with Crippen LogP contribution in [0, 0.1) is 0 Å². The van der Waals surface area contributed by atoms with Crippen molar-refractivity contribution in [3.63, 3.8) is 0 Å². The Balaban J connectivity index is 1.89. The zero-order chi connectivity index (χ0) is 21.2. The highest BCUT2D eigenvalue weighted by molar-refractivity contribution is 6.06. The molecule has 0 aromatic heterocycles. The van der Waals surface area contributed by atoms with Gasteiger partial charge in [0.1, 0.15) is 13.2 Å². The molecule has 3 rings (SSSR count). The minimum atomic E-state index is -1.62. The van der Waals surface area contributed by atoms with Crippen LogP contribution in [0.2, 0.25) is 0 Å². The molecule has 4 heteroatoms. The van der Waals surface area contributed by atoms with Crippen LogP contribution in [0.15, 0.2) is 104 Å². The maximum atomic E-state index is 13.3. The van der Waals surface area contributed by atoms with E-state index in [4.69, 9.17) is 9.47 Å². The maximum Gasteiger partial charge on any atom is 0.328 e. The molecule has 0 atom stereocenters. The van der Waals surface area contributed by atoms with E-state index in [0.29, 0.717) is 5.56 Å². The summed E-state index contributed by atoms with van der Waals surface area (Å²) in [5.41, 5.74) is 0.571. The second-order valence-corrected chi connectivity index (χ2v) is 6.89. The summed E-state index contributed by atoms with van der Waals surface area (Å²) in [6.45, 7) is 3.89. The number of benzene rings is 3. The summed E-state index contributed by atoms with van der Waals surface area (Å²) in [6.07, 6.45) is 1.61. The van der Waals surface area contributed by atoms with Crippen molar-refractivity contribution in [1.29, 1.82) is 0 Å². The van der Waals surface area contributed by atoms with Gasteiger partial charge < -0.3 is 9.47 Å². The van der Waals surface area contributed by atoms with Crippen molar-refractivity contribution in [2.75, 3.05) is 0 Å². The quantitative estimate of drug-likeness (QED) is 0.289. The molecule has 0 bridgehead atoms. The lowest BCUT2D eigenvalue weighted by Crippen LogP contribution is -2.45. The number of hydrogen-bond donors (Lipinski definition) is 0. The van der Waals surface area contributed by atoms with Gasteiger partial charge in [0, 0.05) is 0 Å². The largest absolute Gasteiger partial charge is 0.460 e. The third kappa shape index (κ3) is 4.84. The zero-order valence-corrected chi connectivity index (χ0v) is 16.7. The number of rotatable bonds is 9. The highest BCUT2D eigenvalue weighted by atomic mass is 16.6. The van der Waals surface area contributed by atoms with Crippen LogP contribution in [0.4, 0.5) is 0 Å². The Morgan fingerprint density at radius 2 is 1.10 bits per heavy atom. The van der Waals surface area contributed by atoms with Crippen molar-refractivity contribution >= 4 is 11.9 Å². The number of carbonyl (C=O) groups is 2. The standard InChI is InChI=1S/C26H24O4/c1-2-18-26(23-16-10-5-11-17-23,24(27)29-19-21-12-6-3-7-13-21)25(28)30-20-22-14-8-4-9-15-22/h2-17H,1,18-20H2. The summed E-state index contributed by atoms with van der Waals surface area (Å²) in [6, 6.07) is 27.5. The Hall–Kier alpha value is -3.66. The van der Waals surface area contributed by atoms with Crippen LogP contribution in [0.25, 0.3) is 0 Å². The van der Waals surface area contributed by atoms with E-state index in [1.165, 1.54) is 0 Å². The van der Waals surface area contributed by atoms with Crippen LogP contribution in [-0.2, 0) is 37.7 Å². The average molecular weight is 400 g/mol. The molecular weight excluding hydrogens is 376 g/mol. The first kappa shape index (κ1) is 21.1. The predicted octanol–water partition coefficient (Wildman–Crippen LogP) is 4.99. The van der Waals surface area contributed by atoms with Gasteiger partial charge in [-0.15, -0.1) is 6.58 Å². The van der Waals surface area contributed by atoms with Gasteiger partial charge in [-0.1, -0.05) is 97.1 Å². The highest BCUT2D eigenvalue weighted by Gasteiger charge is 2.49. The molecule has 0 radical (unpaired) electrons. The molecule has 4 nitrogen and oxygen atoms in total. The molecule has 0 aliphatic carbocycles. The van der Waals surface area contributed by atoms with Crippen LogP contribution in [-0.4, -0.2) is 11.9 Å². The average Bonchev–Trinajstić information content (AvgIpc) is 2.81. The van der Waals surface area contributed by atoms with Gasteiger partial charge in [0.05, 0.1) is 0 Å². The SMILES string of the molecule is C=CCC(C(=O)OCc1ccccc1)(C(=O)OCc1ccccc1)c1ccccc1. The first-order valence-electron chi connectivity index (χ1n) is 9.75. The van der Waals surface area contributed by atoms with E-state index in [1.54, 1.807) is 30.3 Å². The monoisotopic (exact) mass is 400 g/mol. The van der Waals surface area contributed by atoms with E-state index in [1.807, 2.05) is 66.7 Å². The molecule has 0 heterocycles. The Morgan fingerprint density at radius 3 is 1.50 bits per heavy atom. The second kappa shape index (κ2) is 10.2. The number of allylic oxidation sites excluding steroid dienone is 1. The van der Waals surface area contributed by atoms with Gasteiger partial charge >= 0.3 is 11.9 Å². The van der Waals surface area contributed by atoms with Gasteiger partial charge in [-0.2, -0.15) is 0 Å². The van der Waals surface area contributed by atoms with Gasteiger partial charge in [0.15, 0.2) is 5.41 Å². The number of carbonyl (C=O) groups excluding carboxylic acids is 2. The summed E-state index contributed by atoms with van der Waals surface area (Å²) in [5.74, 6) is -1.31. The van der Waals surface area contributed by atoms with Gasteiger partial charge in [0.2, 0.25) is 0 Å². The fourth-order valence-corrected chi connectivity index (χ4v) is 3.24. The van der Waals surface area contributed by atoms with Crippen LogP contribution in [0.5, 0.6) is 0 Å². The summed E-state index contributed by atoms with van der Waals surface area (Å²) < 4.78 is 11.2. The van der Waals surface area contributed by atoms with Crippen LogP contribution >= 0.6 is 0 Å². The molecule has 0 amide bonds. The van der Waals surface area contributed by atoms with Gasteiger partial charge in [0.25, 0.3) is 0 Å². The van der Waals surface area contributed by atoms with Crippen molar-refractivity contribution in [3.8, 4) is 0 Å². The lowest BCUT2D eigenvalue weighted by atomic mass is 9.77. The number of ether oxygens (including phenoxy) is 2. The van der Waals surface area contributed by atoms with Crippen LogP contribution in [0.3, 0.4) is 0 Å². The molecule has 0 fully saturated rings. The third-order valence-corrected chi connectivity index (χ3v) is 4.84. The Morgan fingerprint density at radius 1 is 0.700 bits per heavy atom. The molecule has 0 saturated heterocycles. The van der Waals surface area contributed by atoms with Crippen molar-refractivity contribution < 1.29 is 19.1 Å². The van der Waals surface area contributed by atoms with Gasteiger partial charge in [-0.25, -0.2) is 0 Å². The predicted molar refractivity (Wildman–Crippen MR) is 115 cm³/mol. The van der Waals surface area contributed by atoms with E-state index in [9.17, 15) is 9.59 Å². The molecule has 3 aromatic carbocycles. The van der Waals surface area contributed by atoms with E-state index in [2.05, 4.69) is 6.58 Å². The summed E-state index contributed by atoms with van der Waals surface area (Å²) in [4.78, 5) is 26.6. The minimum Gasteiger partial charge on any atom is -0.460 e. The zero-order valence-electron chi connectivity index (χ0n) is 16.7. The van der Waals surface area contributed by atoms with E-state index in [0.717, 1.165) is 11.1 Å². The molecule has 0 spiro atoms. The smallest absolute Gasteiger partial charge is 0.328 e. The molecule has 0 aliphatic rings. The van der Waals surface area contributed by atoms with Crippen LogP contribution in [0.1, 0.15) is 23.1 Å². The van der Waals surface area contributed by atoms with Crippen molar-refractivity contribution in [1.82, 2.24) is 0 Å². The minimum absolute atomic E-state index is 0.0668. The summed E-state index contributed by atoms with van der Waals surface area (Å²) in [5, 5.41) is 0. The molecule has 0 saturated carbocycles. The molecule has 0 unspecified atom stereocenters. The second-order valence-electron chi connectivity index (χ2n) is 6.89. The molecular formula is C26H24O4. The van der Waals surface area contributed by atoms with Crippen molar-refractivity contribution in [3.05, 3.63) is 120 Å². The Labute approximate surface area is 176 Å². The lowest BCUT2D eigenvalue weighted by molar-refractivity contribution is -0.167. The normalized spacial score (nSPS) is 10.8. The topological polar surface area (TPSA) is 52.6 Å². The summed E-state index contributed by atoms with van der Waals surface area (Å²) >= 11 is 0. The summed E-state index contributed by atoms with van der Waals surface area (Å²) in [7, 11) is 0. The van der Waals surface area contributed by atoms with Gasteiger partial charge in [-0.05, 0) is 23.1 Å². The molecule has 30 heavy (non-hydrogen) atoms. The first-order chi connectivity index (χ1) is 14.7. The van der Waals surface area contributed by atoms with Gasteiger partial charge in [-0.3, -0.25) is 9.59 Å². The van der Waals surface area contributed by atoms with Crippen LogP contribution < -0.4 is 0 Å². The fourth-order valence-electron chi connectivity index (χ4n) is 3.24. The Bertz CT molecular complexity index is 910. The third-order valence-electron chi connectivity index (χ3n) is 4.84. The number of hydrogen-bond acceptors (Lipinski definition) is 4. The fraction of sp³-hybridized carbons (Fsp3) is 0.154. The molecule has 152 valence electrons.